The van der Waals surface area contributed by atoms with E-state index in [1.54, 1.807) is 24.3 Å². The molecule has 1 aliphatic rings. The molecule has 4 rings (SSSR count). The lowest BCUT2D eigenvalue weighted by Gasteiger charge is -2.22. The molecule has 1 aromatic heterocycles. The first-order valence-corrected chi connectivity index (χ1v) is 10.5. The Morgan fingerprint density at radius 2 is 1.89 bits per heavy atom. The van der Waals surface area contributed by atoms with Crippen LogP contribution in [0.3, 0.4) is 0 Å². The van der Waals surface area contributed by atoms with Crippen molar-refractivity contribution in [1.82, 2.24) is 0 Å². The van der Waals surface area contributed by atoms with Crippen molar-refractivity contribution in [2.45, 2.75) is 18.6 Å². The van der Waals surface area contributed by atoms with Gasteiger partial charge in [-0.25, -0.2) is 0 Å². The van der Waals surface area contributed by atoms with Crippen LogP contribution in [-0.4, -0.2) is 16.8 Å². The number of hydrogen-bond acceptors (Lipinski definition) is 4. The predicted molar refractivity (Wildman–Crippen MR) is 114 cm³/mol. The minimum atomic E-state index is -1.92. The lowest BCUT2D eigenvalue weighted by Crippen LogP contribution is -2.41. The summed E-state index contributed by atoms with van der Waals surface area (Å²) in [5.41, 5.74) is 0.0576. The number of amides is 1. The van der Waals surface area contributed by atoms with Gasteiger partial charge in [0.15, 0.2) is 11.4 Å². The standard InChI is InChI=1S/C21H15BrClNO3S/c22-14-6-7-16-15(10-14)21(27,11-17(25)18-8-9-19(23)28-18)20(26)24(16)12-13-4-2-1-3-5-13/h1-10,27H,11-12H2. The number of nitrogens with zero attached hydrogens (tertiary/aromatic N) is 1. The fourth-order valence-electron chi connectivity index (χ4n) is 3.40. The first-order valence-electron chi connectivity index (χ1n) is 8.55. The van der Waals surface area contributed by atoms with Gasteiger partial charge in [0, 0.05) is 10.0 Å². The molecule has 1 unspecified atom stereocenters. The molecule has 2 aromatic carbocycles. The van der Waals surface area contributed by atoms with E-state index in [0.29, 0.717) is 27.0 Å². The summed E-state index contributed by atoms with van der Waals surface area (Å²) in [4.78, 5) is 27.9. The summed E-state index contributed by atoms with van der Waals surface area (Å²) in [7, 11) is 0. The van der Waals surface area contributed by atoms with Crippen LogP contribution in [0, 0.1) is 0 Å². The second-order valence-electron chi connectivity index (χ2n) is 6.60. The molecule has 0 saturated heterocycles. The van der Waals surface area contributed by atoms with E-state index in [4.69, 9.17) is 11.6 Å². The maximum atomic E-state index is 13.3. The minimum absolute atomic E-state index is 0.315. The quantitative estimate of drug-likeness (QED) is 0.517. The topological polar surface area (TPSA) is 57.6 Å². The third-order valence-corrected chi connectivity index (χ3v) is 6.51. The summed E-state index contributed by atoms with van der Waals surface area (Å²) < 4.78 is 1.22. The van der Waals surface area contributed by atoms with Crippen LogP contribution in [0.2, 0.25) is 4.34 Å². The highest BCUT2D eigenvalue weighted by Gasteiger charge is 2.51. The van der Waals surface area contributed by atoms with E-state index < -0.39 is 11.5 Å². The van der Waals surface area contributed by atoms with E-state index in [2.05, 4.69) is 15.9 Å². The Balaban J connectivity index is 1.72. The Morgan fingerprint density at radius 3 is 2.57 bits per heavy atom. The largest absolute Gasteiger partial charge is 0.375 e. The van der Waals surface area contributed by atoms with E-state index in [0.717, 1.165) is 21.4 Å². The number of rotatable bonds is 5. The van der Waals surface area contributed by atoms with E-state index in [9.17, 15) is 14.7 Å². The Hall–Kier alpha value is -1.99. The van der Waals surface area contributed by atoms with Crippen LogP contribution in [0.1, 0.15) is 27.2 Å². The molecule has 0 fully saturated rings. The van der Waals surface area contributed by atoms with Crippen molar-refractivity contribution < 1.29 is 14.7 Å². The molecule has 1 N–H and O–H groups in total. The first-order chi connectivity index (χ1) is 13.4. The lowest BCUT2D eigenvalue weighted by atomic mass is 9.89. The number of fused-ring (bicyclic) bond motifs is 1. The Kier molecular flexibility index (Phi) is 5.14. The van der Waals surface area contributed by atoms with Gasteiger partial charge in [0.05, 0.1) is 27.9 Å². The molecule has 3 aromatic rings. The molecular weight excluding hydrogens is 462 g/mol. The number of benzene rings is 2. The van der Waals surface area contributed by atoms with Gasteiger partial charge in [-0.1, -0.05) is 57.9 Å². The number of carbonyl (C=O) groups excluding carboxylic acids is 2. The zero-order valence-corrected chi connectivity index (χ0v) is 17.7. The SMILES string of the molecule is O=C(CC1(O)C(=O)N(Cc2ccccc2)c2ccc(Br)cc21)c1ccc(Cl)s1. The second-order valence-corrected chi connectivity index (χ2v) is 9.23. The molecule has 142 valence electrons. The van der Waals surface area contributed by atoms with Gasteiger partial charge in [-0.3, -0.25) is 9.59 Å². The van der Waals surface area contributed by atoms with Crippen LogP contribution in [0.25, 0.3) is 0 Å². The molecule has 4 nitrogen and oxygen atoms in total. The number of carbonyl (C=O) groups is 2. The van der Waals surface area contributed by atoms with E-state index in [1.165, 1.54) is 4.90 Å². The van der Waals surface area contributed by atoms with Gasteiger partial charge in [0.2, 0.25) is 0 Å². The molecular formula is C21H15BrClNO3S. The third kappa shape index (κ3) is 3.42. The molecule has 0 radical (unpaired) electrons. The van der Waals surface area contributed by atoms with Crippen LogP contribution in [0.4, 0.5) is 5.69 Å². The maximum absolute atomic E-state index is 13.3. The average Bonchev–Trinajstić information content (AvgIpc) is 3.19. The minimum Gasteiger partial charge on any atom is -0.375 e. The molecule has 7 heteroatoms. The van der Waals surface area contributed by atoms with Crippen molar-refractivity contribution in [3.63, 3.8) is 0 Å². The van der Waals surface area contributed by atoms with E-state index in [1.807, 2.05) is 36.4 Å². The Bertz CT molecular complexity index is 1070. The predicted octanol–water partition coefficient (Wildman–Crippen LogP) is 5.17. The van der Waals surface area contributed by atoms with Gasteiger partial charge in [-0.15, -0.1) is 11.3 Å². The van der Waals surface area contributed by atoms with Crippen molar-refractivity contribution >= 4 is 56.2 Å². The third-order valence-electron chi connectivity index (χ3n) is 4.74. The van der Waals surface area contributed by atoms with Gasteiger partial charge in [-0.2, -0.15) is 0 Å². The van der Waals surface area contributed by atoms with Crippen LogP contribution in [-0.2, 0) is 16.9 Å². The highest BCUT2D eigenvalue weighted by Crippen LogP contribution is 2.45. The molecule has 0 spiro atoms. The Morgan fingerprint density at radius 1 is 1.14 bits per heavy atom. The van der Waals surface area contributed by atoms with Crippen LogP contribution in [0.15, 0.2) is 65.1 Å². The highest BCUT2D eigenvalue weighted by atomic mass is 79.9. The second kappa shape index (κ2) is 7.44. The van der Waals surface area contributed by atoms with Crippen molar-refractivity contribution in [2.75, 3.05) is 4.90 Å². The molecule has 2 heterocycles. The van der Waals surface area contributed by atoms with Gasteiger partial charge in [0.1, 0.15) is 0 Å². The maximum Gasteiger partial charge on any atom is 0.264 e. The molecule has 1 atom stereocenters. The zero-order chi connectivity index (χ0) is 19.9. The number of hydrogen-bond donors (Lipinski definition) is 1. The summed E-state index contributed by atoms with van der Waals surface area (Å²) in [6.45, 7) is 0.315. The number of aliphatic hydroxyl groups is 1. The molecule has 0 aliphatic carbocycles. The van der Waals surface area contributed by atoms with Gasteiger partial charge >= 0.3 is 0 Å². The van der Waals surface area contributed by atoms with Crippen LogP contribution >= 0.6 is 38.9 Å². The number of Topliss-reactive ketones (excluding diaryl/α,β-unsaturated/α-hetero) is 1. The summed E-state index contributed by atoms with van der Waals surface area (Å²) in [5.74, 6) is -0.819. The van der Waals surface area contributed by atoms with Gasteiger partial charge in [0.25, 0.3) is 5.91 Å². The van der Waals surface area contributed by atoms with Crippen LogP contribution < -0.4 is 4.90 Å². The first kappa shape index (κ1) is 19.3. The summed E-state index contributed by atoms with van der Waals surface area (Å²) >= 11 is 10.5. The number of ketones is 1. The van der Waals surface area contributed by atoms with Crippen molar-refractivity contribution in [1.29, 1.82) is 0 Å². The molecule has 0 saturated carbocycles. The summed E-state index contributed by atoms with van der Waals surface area (Å²) in [6.07, 6.45) is -0.336. The van der Waals surface area contributed by atoms with Crippen LogP contribution in [0.5, 0.6) is 0 Å². The highest BCUT2D eigenvalue weighted by molar-refractivity contribution is 9.10. The van der Waals surface area contributed by atoms with Crippen molar-refractivity contribution in [3.05, 3.63) is 85.5 Å². The Labute approximate surface area is 179 Å². The average molecular weight is 477 g/mol. The van der Waals surface area contributed by atoms with Crippen molar-refractivity contribution in [2.24, 2.45) is 0 Å². The summed E-state index contributed by atoms with van der Waals surface area (Å²) in [5, 5.41) is 11.4. The number of halogens is 2. The molecule has 28 heavy (non-hydrogen) atoms. The molecule has 1 aliphatic heterocycles. The fraction of sp³-hybridized carbons (Fsp3) is 0.143. The monoisotopic (exact) mass is 475 g/mol. The fourth-order valence-corrected chi connectivity index (χ4v) is 4.74. The van der Waals surface area contributed by atoms with Gasteiger partial charge < -0.3 is 10.0 Å². The molecule has 0 bridgehead atoms. The molecule has 1 amide bonds. The van der Waals surface area contributed by atoms with E-state index >= 15 is 0 Å². The van der Waals surface area contributed by atoms with Crippen molar-refractivity contribution in [3.8, 4) is 0 Å². The normalized spacial score (nSPS) is 18.4. The smallest absolute Gasteiger partial charge is 0.264 e. The number of anilines is 1. The summed E-state index contributed by atoms with van der Waals surface area (Å²) in [6, 6.07) is 18.1. The zero-order valence-electron chi connectivity index (χ0n) is 14.6. The lowest BCUT2D eigenvalue weighted by molar-refractivity contribution is -0.136. The number of thiophene rings is 1. The van der Waals surface area contributed by atoms with E-state index in [-0.39, 0.29) is 12.2 Å². The van der Waals surface area contributed by atoms with Gasteiger partial charge in [-0.05, 0) is 35.9 Å².